The molecule has 0 saturated heterocycles. The van der Waals surface area contributed by atoms with Gasteiger partial charge in [-0.1, -0.05) is 43.2 Å². The van der Waals surface area contributed by atoms with Crippen LogP contribution in [0.25, 0.3) is 0 Å². The summed E-state index contributed by atoms with van der Waals surface area (Å²) < 4.78 is 0. The van der Waals surface area contributed by atoms with E-state index in [-0.39, 0.29) is 0 Å². The number of imidazole rings is 1. The fraction of sp³-hybridized carbons (Fsp3) is 0.417. The van der Waals surface area contributed by atoms with E-state index in [0.29, 0.717) is 12.1 Å². The summed E-state index contributed by atoms with van der Waals surface area (Å²) in [5, 5.41) is 10.9. The lowest BCUT2D eigenvalue weighted by Gasteiger charge is -2.33. The third-order valence-electron chi connectivity index (χ3n) is 5.81. The van der Waals surface area contributed by atoms with Crippen LogP contribution in [-0.4, -0.2) is 27.0 Å². The molecule has 2 aromatic heterocycles. The lowest BCUT2D eigenvalue weighted by atomic mass is 9.90. The number of H-pyrrole nitrogens is 1. The second-order valence-corrected chi connectivity index (χ2v) is 8.04. The lowest BCUT2D eigenvalue weighted by molar-refractivity contribution is 0.280. The average molecular weight is 405 g/mol. The SMILES string of the molecule is c1ccc(CNCc2ccc(CNC3CCCCC3NCc3ncc[nH]3)cc2)nc1. The number of nitrogens with one attached hydrogen (secondary N) is 4. The first-order valence-corrected chi connectivity index (χ1v) is 11.0. The van der Waals surface area contributed by atoms with Gasteiger partial charge in [-0.15, -0.1) is 0 Å². The molecule has 0 amide bonds. The highest BCUT2D eigenvalue weighted by atomic mass is 15.0. The minimum atomic E-state index is 0.499. The van der Waals surface area contributed by atoms with Crippen molar-refractivity contribution >= 4 is 0 Å². The van der Waals surface area contributed by atoms with Gasteiger partial charge in [0.05, 0.1) is 12.2 Å². The lowest BCUT2D eigenvalue weighted by Crippen LogP contribution is -2.49. The molecule has 0 spiro atoms. The maximum atomic E-state index is 4.35. The van der Waals surface area contributed by atoms with Gasteiger partial charge in [0.2, 0.25) is 0 Å². The van der Waals surface area contributed by atoms with Crippen LogP contribution in [0.1, 0.15) is 48.3 Å². The van der Waals surface area contributed by atoms with Gasteiger partial charge in [0, 0.05) is 50.3 Å². The maximum Gasteiger partial charge on any atom is 0.120 e. The Morgan fingerprint density at radius 2 is 1.50 bits per heavy atom. The summed E-state index contributed by atoms with van der Waals surface area (Å²) in [4.78, 5) is 11.8. The quantitative estimate of drug-likeness (QED) is 0.417. The highest BCUT2D eigenvalue weighted by Gasteiger charge is 2.24. The maximum absolute atomic E-state index is 4.35. The van der Waals surface area contributed by atoms with E-state index in [1.165, 1.54) is 36.8 Å². The van der Waals surface area contributed by atoms with E-state index in [1.807, 2.05) is 36.8 Å². The predicted octanol–water partition coefficient (Wildman–Crippen LogP) is 3.29. The highest BCUT2D eigenvalue weighted by Crippen LogP contribution is 2.19. The van der Waals surface area contributed by atoms with Crippen LogP contribution in [0.2, 0.25) is 0 Å². The summed E-state index contributed by atoms with van der Waals surface area (Å²) in [5.74, 6) is 1.01. The van der Waals surface area contributed by atoms with Crippen molar-refractivity contribution in [2.45, 2.75) is 63.9 Å². The van der Waals surface area contributed by atoms with Crippen molar-refractivity contribution in [3.63, 3.8) is 0 Å². The molecule has 3 aromatic rings. The van der Waals surface area contributed by atoms with E-state index >= 15 is 0 Å². The third-order valence-corrected chi connectivity index (χ3v) is 5.81. The van der Waals surface area contributed by atoms with Crippen LogP contribution in [0.3, 0.4) is 0 Å². The van der Waals surface area contributed by atoms with Crippen LogP contribution in [-0.2, 0) is 26.2 Å². The third kappa shape index (κ3) is 6.23. The Hall–Kier alpha value is -2.54. The van der Waals surface area contributed by atoms with E-state index < -0.39 is 0 Å². The molecule has 6 heteroatoms. The summed E-state index contributed by atoms with van der Waals surface area (Å²) >= 11 is 0. The molecule has 1 aromatic carbocycles. The minimum Gasteiger partial charge on any atom is -0.348 e. The van der Waals surface area contributed by atoms with E-state index in [4.69, 9.17) is 0 Å². The van der Waals surface area contributed by atoms with Gasteiger partial charge in [0.1, 0.15) is 5.82 Å². The van der Waals surface area contributed by atoms with Gasteiger partial charge < -0.3 is 20.9 Å². The van der Waals surface area contributed by atoms with Crippen molar-refractivity contribution in [1.29, 1.82) is 0 Å². The summed E-state index contributed by atoms with van der Waals surface area (Å²) in [7, 11) is 0. The Kier molecular flexibility index (Phi) is 7.61. The Morgan fingerprint density at radius 3 is 2.17 bits per heavy atom. The molecule has 0 bridgehead atoms. The van der Waals surface area contributed by atoms with Crippen molar-refractivity contribution in [3.8, 4) is 0 Å². The summed E-state index contributed by atoms with van der Waals surface area (Å²) in [5.41, 5.74) is 3.70. The number of rotatable bonds is 10. The number of hydrogen-bond acceptors (Lipinski definition) is 5. The standard InChI is InChI=1S/C24H32N6/c1-2-7-23(30-18-24-27-13-14-28-24)22(6-1)29-16-20-10-8-19(9-11-20)15-25-17-21-5-3-4-12-26-21/h3-5,8-14,22-23,25,29-30H,1-2,6-7,15-18H2,(H,27,28). The summed E-state index contributed by atoms with van der Waals surface area (Å²) in [6.07, 6.45) is 10.6. The van der Waals surface area contributed by atoms with Gasteiger partial charge in [-0.3, -0.25) is 4.98 Å². The first-order chi connectivity index (χ1) is 14.9. The fourth-order valence-electron chi connectivity index (χ4n) is 4.10. The number of aromatic amines is 1. The van der Waals surface area contributed by atoms with E-state index in [0.717, 1.165) is 37.7 Å². The topological polar surface area (TPSA) is 77.7 Å². The van der Waals surface area contributed by atoms with Crippen molar-refractivity contribution < 1.29 is 0 Å². The predicted molar refractivity (Wildman–Crippen MR) is 120 cm³/mol. The van der Waals surface area contributed by atoms with Gasteiger partial charge in [-0.2, -0.15) is 0 Å². The monoisotopic (exact) mass is 404 g/mol. The molecular formula is C24H32N6. The Morgan fingerprint density at radius 1 is 0.767 bits per heavy atom. The Balaban J connectivity index is 1.21. The van der Waals surface area contributed by atoms with Crippen molar-refractivity contribution in [2.24, 2.45) is 0 Å². The second kappa shape index (κ2) is 11.0. The Labute approximate surface area is 178 Å². The molecule has 4 rings (SSSR count). The minimum absolute atomic E-state index is 0.499. The molecule has 0 radical (unpaired) electrons. The molecule has 1 saturated carbocycles. The number of hydrogen-bond donors (Lipinski definition) is 4. The Bertz CT molecular complexity index is 847. The van der Waals surface area contributed by atoms with E-state index in [9.17, 15) is 0 Å². The molecule has 1 aliphatic rings. The zero-order valence-corrected chi connectivity index (χ0v) is 17.5. The first kappa shape index (κ1) is 20.7. The number of aromatic nitrogens is 3. The second-order valence-electron chi connectivity index (χ2n) is 8.04. The normalized spacial score (nSPS) is 19.1. The van der Waals surface area contributed by atoms with Gasteiger partial charge in [0.15, 0.2) is 0 Å². The molecular weight excluding hydrogens is 372 g/mol. The number of pyridine rings is 1. The van der Waals surface area contributed by atoms with Crippen LogP contribution < -0.4 is 16.0 Å². The van der Waals surface area contributed by atoms with Gasteiger partial charge >= 0.3 is 0 Å². The largest absolute Gasteiger partial charge is 0.348 e. The van der Waals surface area contributed by atoms with Crippen LogP contribution in [0.4, 0.5) is 0 Å². The molecule has 30 heavy (non-hydrogen) atoms. The fourth-order valence-corrected chi connectivity index (χ4v) is 4.10. The first-order valence-electron chi connectivity index (χ1n) is 11.0. The van der Waals surface area contributed by atoms with Crippen LogP contribution in [0.5, 0.6) is 0 Å². The smallest absolute Gasteiger partial charge is 0.120 e. The van der Waals surface area contributed by atoms with Gasteiger partial charge in [0.25, 0.3) is 0 Å². The van der Waals surface area contributed by atoms with E-state index in [1.54, 1.807) is 0 Å². The molecule has 2 atom stereocenters. The van der Waals surface area contributed by atoms with Gasteiger partial charge in [-0.05, 0) is 36.1 Å². The zero-order chi connectivity index (χ0) is 20.4. The van der Waals surface area contributed by atoms with Crippen LogP contribution >= 0.6 is 0 Å². The van der Waals surface area contributed by atoms with Crippen LogP contribution in [0.15, 0.2) is 61.1 Å². The molecule has 1 aliphatic carbocycles. The molecule has 6 nitrogen and oxygen atoms in total. The zero-order valence-electron chi connectivity index (χ0n) is 17.5. The van der Waals surface area contributed by atoms with Crippen molar-refractivity contribution in [3.05, 3.63) is 83.7 Å². The molecule has 4 N–H and O–H groups in total. The molecule has 2 unspecified atom stereocenters. The van der Waals surface area contributed by atoms with Crippen LogP contribution in [0, 0.1) is 0 Å². The van der Waals surface area contributed by atoms with Gasteiger partial charge in [-0.25, -0.2) is 4.98 Å². The molecule has 0 aliphatic heterocycles. The van der Waals surface area contributed by atoms with Crippen molar-refractivity contribution in [2.75, 3.05) is 0 Å². The van der Waals surface area contributed by atoms with E-state index in [2.05, 4.69) is 55.2 Å². The van der Waals surface area contributed by atoms with Crippen molar-refractivity contribution in [1.82, 2.24) is 30.9 Å². The number of benzene rings is 1. The molecule has 158 valence electrons. The summed E-state index contributed by atoms with van der Waals surface area (Å²) in [6, 6.07) is 15.9. The number of nitrogens with zero attached hydrogens (tertiary/aromatic N) is 2. The molecule has 2 heterocycles. The summed E-state index contributed by atoms with van der Waals surface area (Å²) in [6.45, 7) is 3.35. The highest BCUT2D eigenvalue weighted by molar-refractivity contribution is 5.22. The average Bonchev–Trinajstić information content (AvgIpc) is 3.32. The molecule has 1 fully saturated rings.